The van der Waals surface area contributed by atoms with Crippen LogP contribution in [0, 0.1) is 0 Å². The molecule has 1 aromatic heterocycles. The molecule has 6 heteroatoms. The number of rotatable bonds is 6. The van der Waals surface area contributed by atoms with Crippen molar-refractivity contribution in [2.24, 2.45) is 0 Å². The number of aromatic amines is 1. The third kappa shape index (κ3) is 3.59. The average Bonchev–Trinajstić information content (AvgIpc) is 2.76. The van der Waals surface area contributed by atoms with E-state index in [0.717, 1.165) is 0 Å². The Morgan fingerprint density at radius 2 is 2.35 bits per heavy atom. The van der Waals surface area contributed by atoms with Gasteiger partial charge in [0, 0.05) is 38.7 Å². The molecule has 0 saturated heterocycles. The zero-order chi connectivity index (χ0) is 24.9. The summed E-state index contributed by atoms with van der Waals surface area (Å²) in [6.45, 7) is -12.5. The second-order valence-corrected chi connectivity index (χ2v) is 5.86. The van der Waals surface area contributed by atoms with Crippen LogP contribution in [-0.2, 0) is 22.2 Å². The van der Waals surface area contributed by atoms with Crippen LogP contribution in [0.25, 0.3) is 10.9 Å². The molecule has 1 heterocycles. The van der Waals surface area contributed by atoms with Crippen LogP contribution in [0.5, 0.6) is 0 Å². The molecule has 0 unspecified atom stereocenters. The van der Waals surface area contributed by atoms with Crippen LogP contribution < -0.4 is 4.72 Å². The topological polar surface area (TPSA) is 65.2 Å². The molecule has 0 bridgehead atoms. The summed E-state index contributed by atoms with van der Waals surface area (Å²) < 4.78 is 116. The monoisotopic (exact) mass is 307 g/mol. The summed E-state index contributed by atoms with van der Waals surface area (Å²) in [4.78, 5) is 2.42. The van der Waals surface area contributed by atoms with E-state index >= 15 is 0 Å². The van der Waals surface area contributed by atoms with Gasteiger partial charge in [0.15, 0.2) is 0 Å². The standard InChI is InChI=1S/C14H21N3O2S/c1-15-20(18,19)10-11-4-5-14-13(8-11)12(9-16-14)6-7-17(2)3/h4-5,8-9,15-16H,6-7,10H2,1-3H3/i1D3,2D3,3D3,7D2,9D. The molecule has 2 N–H and O–H groups in total. The fourth-order valence-electron chi connectivity index (χ4n) is 1.80. The molecule has 2 rings (SSSR count). The molecule has 0 atom stereocenters. The first kappa shape index (κ1) is 5.79. The smallest absolute Gasteiger partial charge is 0.215 e. The zero-order valence-corrected chi connectivity index (χ0v) is 11.1. The first-order chi connectivity index (χ1) is 14.1. The van der Waals surface area contributed by atoms with Gasteiger partial charge in [0.1, 0.15) is 0 Å². The predicted octanol–water partition coefficient (Wildman–Crippen LogP) is 1.32. The lowest BCUT2D eigenvalue weighted by Gasteiger charge is -2.08. The van der Waals surface area contributed by atoms with Gasteiger partial charge in [-0.15, -0.1) is 0 Å². The Morgan fingerprint density at radius 3 is 3.10 bits per heavy atom. The Bertz CT molecular complexity index is 1070. The number of likely N-dealkylation sites (N-methyl/N-ethyl adjacent to an activating group) is 1. The first-order valence-electron chi connectivity index (χ1n) is 11.5. The lowest BCUT2D eigenvalue weighted by atomic mass is 10.1. The number of aryl methyl sites for hydroxylation is 1. The zero-order valence-electron chi connectivity index (χ0n) is 22.3. The Balaban J connectivity index is 2.49. The number of sulfonamides is 1. The van der Waals surface area contributed by atoms with E-state index in [9.17, 15) is 8.42 Å². The van der Waals surface area contributed by atoms with Crippen molar-refractivity contribution in [3.63, 3.8) is 0 Å². The first-order valence-corrected chi connectivity index (χ1v) is 7.20. The average molecular weight is 307 g/mol. The quantitative estimate of drug-likeness (QED) is 0.846. The molecule has 2 aromatic rings. The summed E-state index contributed by atoms with van der Waals surface area (Å²) in [5.74, 6) is -0.719. The lowest BCUT2D eigenvalue weighted by molar-refractivity contribution is 0.414. The second kappa shape index (κ2) is 5.95. The molecule has 110 valence electrons. The van der Waals surface area contributed by atoms with Crippen molar-refractivity contribution in [2.75, 3.05) is 27.4 Å². The van der Waals surface area contributed by atoms with E-state index in [1.54, 1.807) is 0 Å². The van der Waals surface area contributed by atoms with Crippen LogP contribution >= 0.6 is 0 Å². The van der Waals surface area contributed by atoms with Crippen LogP contribution in [0.1, 0.15) is 27.6 Å². The van der Waals surface area contributed by atoms with Gasteiger partial charge >= 0.3 is 0 Å². The molecule has 1 aromatic carbocycles. The molecular formula is C14H21N3O2S. The minimum absolute atomic E-state index is 0.0634. The van der Waals surface area contributed by atoms with Gasteiger partial charge in [0.05, 0.1) is 7.12 Å². The predicted molar refractivity (Wildman–Crippen MR) is 82.2 cm³/mol. The number of nitrogens with zero attached hydrogens (tertiary/aromatic N) is 1. The Kier molecular flexibility index (Phi) is 1.72. The van der Waals surface area contributed by atoms with E-state index in [1.165, 1.54) is 22.9 Å². The van der Waals surface area contributed by atoms with Crippen LogP contribution in [-0.4, -0.2) is 45.7 Å². The van der Waals surface area contributed by atoms with Gasteiger partial charge in [-0.1, -0.05) is 6.07 Å². The molecule has 0 aliphatic rings. The summed E-state index contributed by atoms with van der Waals surface area (Å²) in [6.07, 6.45) is -1.10. The summed E-state index contributed by atoms with van der Waals surface area (Å²) in [7, 11) is -4.25. The van der Waals surface area contributed by atoms with E-state index in [4.69, 9.17) is 16.4 Å². The molecule has 0 radical (unpaired) electrons. The summed E-state index contributed by atoms with van der Waals surface area (Å²) in [6, 6.07) is 4.06. The Hall–Kier alpha value is -1.37. The van der Waals surface area contributed by atoms with Crippen LogP contribution in [0.3, 0.4) is 0 Å². The van der Waals surface area contributed by atoms with Crippen LogP contribution in [0.4, 0.5) is 0 Å². The number of benzene rings is 1. The summed E-state index contributed by atoms with van der Waals surface area (Å²) in [5, 5.41) is 0.177. The molecule has 0 fully saturated rings. The van der Waals surface area contributed by atoms with Crippen LogP contribution in [0.15, 0.2) is 24.4 Å². The third-order valence-corrected chi connectivity index (χ3v) is 3.71. The van der Waals surface area contributed by atoms with Gasteiger partial charge in [-0.25, -0.2) is 13.1 Å². The maximum atomic E-state index is 12.1. The third-order valence-electron chi connectivity index (χ3n) is 2.68. The summed E-state index contributed by atoms with van der Waals surface area (Å²) in [5.41, 5.74) is 0.366. The number of fused-ring (bicyclic) bond motifs is 1. The molecule has 0 aliphatic heterocycles. The number of hydrogen-bond donors (Lipinski definition) is 2. The lowest BCUT2D eigenvalue weighted by Crippen LogP contribution is -2.20. The van der Waals surface area contributed by atoms with Gasteiger partial charge < -0.3 is 9.88 Å². The molecule has 0 spiro atoms. The molecule has 5 nitrogen and oxygen atoms in total. The SMILES string of the molecule is [2H]c1[nH]c2ccc(CS(=O)(=O)NC([2H])([2H])[2H])cc2c1CC([2H])([2H])N(C([2H])([2H])[2H])C([2H])([2H])[2H]. The number of H-pyrrole nitrogens is 1. The highest BCUT2D eigenvalue weighted by atomic mass is 32.2. The van der Waals surface area contributed by atoms with Crippen molar-refractivity contribution in [1.29, 1.82) is 0 Å². The minimum atomic E-state index is -4.25. The van der Waals surface area contributed by atoms with Gasteiger partial charge in [-0.2, -0.15) is 0 Å². The second-order valence-electron chi connectivity index (χ2n) is 4.14. The van der Waals surface area contributed by atoms with Gasteiger partial charge in [0.2, 0.25) is 10.0 Å². The molecular weight excluding hydrogens is 274 g/mol. The van der Waals surface area contributed by atoms with Crippen molar-refractivity contribution in [3.8, 4) is 0 Å². The van der Waals surface area contributed by atoms with Crippen molar-refractivity contribution < 1.29 is 24.9 Å². The molecule has 0 saturated carbocycles. The number of nitrogens with one attached hydrogen (secondary N) is 2. The minimum Gasteiger partial charge on any atom is -0.361 e. The highest BCUT2D eigenvalue weighted by Gasteiger charge is 2.11. The maximum Gasteiger partial charge on any atom is 0.215 e. The Labute approximate surface area is 136 Å². The van der Waals surface area contributed by atoms with Crippen molar-refractivity contribution in [2.45, 2.75) is 12.2 Å². The van der Waals surface area contributed by atoms with Gasteiger partial charge in [-0.3, -0.25) is 0 Å². The Morgan fingerprint density at radius 1 is 1.50 bits per heavy atom. The molecule has 0 amide bonds. The van der Waals surface area contributed by atoms with E-state index in [0.29, 0.717) is 5.52 Å². The molecule has 0 aliphatic carbocycles. The van der Waals surface area contributed by atoms with E-state index < -0.39 is 49.6 Å². The maximum absolute atomic E-state index is 12.1. The number of hydrogen-bond acceptors (Lipinski definition) is 3. The van der Waals surface area contributed by atoms with Crippen molar-refractivity contribution in [1.82, 2.24) is 14.6 Å². The fraction of sp³-hybridized carbons (Fsp3) is 0.429. The van der Waals surface area contributed by atoms with Crippen LogP contribution in [0.2, 0.25) is 0 Å². The van der Waals surface area contributed by atoms with E-state index in [-0.39, 0.29) is 27.6 Å². The fourth-order valence-corrected chi connectivity index (χ4v) is 2.49. The van der Waals surface area contributed by atoms with E-state index in [2.05, 4.69) is 4.98 Å². The highest BCUT2D eigenvalue weighted by molar-refractivity contribution is 7.88. The largest absolute Gasteiger partial charge is 0.361 e. The van der Waals surface area contributed by atoms with Gasteiger partial charge in [0.25, 0.3) is 0 Å². The van der Waals surface area contributed by atoms with Crippen molar-refractivity contribution >= 4 is 20.9 Å². The molecule has 20 heavy (non-hydrogen) atoms. The highest BCUT2D eigenvalue weighted by Crippen LogP contribution is 2.21. The number of aromatic nitrogens is 1. The van der Waals surface area contributed by atoms with Crippen molar-refractivity contribution in [3.05, 3.63) is 35.5 Å². The normalized spacial score (nSPS) is 23.9. The van der Waals surface area contributed by atoms with Gasteiger partial charge in [-0.05, 0) is 50.6 Å². The van der Waals surface area contributed by atoms with E-state index in [1.807, 2.05) is 0 Å². The summed E-state index contributed by atoms with van der Waals surface area (Å²) >= 11 is 0.